The number of aryl methyl sites for hydroxylation is 2. The lowest BCUT2D eigenvalue weighted by Crippen LogP contribution is -2.43. The lowest BCUT2D eigenvalue weighted by Gasteiger charge is -2.23. The number of carbonyl (C=O) groups is 2. The molecule has 1 heterocycles. The van der Waals surface area contributed by atoms with E-state index in [0.29, 0.717) is 17.7 Å². The number of aliphatic carboxylic acids is 1. The Balaban J connectivity index is 2.18. The first-order chi connectivity index (χ1) is 9.91. The van der Waals surface area contributed by atoms with E-state index < -0.39 is 11.9 Å². The van der Waals surface area contributed by atoms with Gasteiger partial charge in [-0.1, -0.05) is 19.3 Å². The summed E-state index contributed by atoms with van der Waals surface area (Å²) < 4.78 is 1.67. The standard InChI is InChI=1S/C15H23N3O3/c1-9-13(10(2)18(3)17-9)14(19)16-12-8-6-4-5-7-11(12)15(20)21/h11-12H,4-8H2,1-3H3,(H,16,19)(H,20,21). The van der Waals surface area contributed by atoms with Crippen molar-refractivity contribution in [2.45, 2.75) is 52.0 Å². The third kappa shape index (κ3) is 3.25. The second-order valence-electron chi connectivity index (χ2n) is 5.83. The van der Waals surface area contributed by atoms with E-state index >= 15 is 0 Å². The summed E-state index contributed by atoms with van der Waals surface area (Å²) in [4.78, 5) is 23.9. The third-order valence-corrected chi connectivity index (χ3v) is 4.39. The molecule has 0 radical (unpaired) electrons. The van der Waals surface area contributed by atoms with E-state index in [-0.39, 0.29) is 11.9 Å². The second kappa shape index (κ2) is 6.28. The van der Waals surface area contributed by atoms with Crippen LogP contribution in [0.3, 0.4) is 0 Å². The van der Waals surface area contributed by atoms with E-state index in [1.54, 1.807) is 18.7 Å². The van der Waals surface area contributed by atoms with Crippen LogP contribution in [0.1, 0.15) is 53.8 Å². The van der Waals surface area contributed by atoms with Crippen molar-refractivity contribution >= 4 is 11.9 Å². The molecule has 1 aliphatic carbocycles. The zero-order valence-electron chi connectivity index (χ0n) is 12.8. The van der Waals surface area contributed by atoms with Crippen LogP contribution in [-0.4, -0.2) is 32.8 Å². The molecule has 1 fully saturated rings. The lowest BCUT2D eigenvalue weighted by atomic mass is 9.94. The maximum absolute atomic E-state index is 12.5. The predicted molar refractivity (Wildman–Crippen MR) is 78.1 cm³/mol. The Morgan fingerprint density at radius 1 is 1.24 bits per heavy atom. The summed E-state index contributed by atoms with van der Waals surface area (Å²) in [6, 6.07) is -0.295. The van der Waals surface area contributed by atoms with Crippen molar-refractivity contribution in [3.05, 3.63) is 17.0 Å². The van der Waals surface area contributed by atoms with Gasteiger partial charge in [0.05, 0.1) is 17.2 Å². The number of hydrogen-bond acceptors (Lipinski definition) is 3. The highest BCUT2D eigenvalue weighted by Crippen LogP contribution is 2.24. The molecule has 0 aliphatic heterocycles. The zero-order chi connectivity index (χ0) is 15.6. The Hall–Kier alpha value is -1.85. The van der Waals surface area contributed by atoms with Crippen molar-refractivity contribution in [2.75, 3.05) is 0 Å². The maximum Gasteiger partial charge on any atom is 0.308 e. The quantitative estimate of drug-likeness (QED) is 0.832. The maximum atomic E-state index is 12.5. The SMILES string of the molecule is Cc1nn(C)c(C)c1C(=O)NC1CCCCCC1C(=O)O. The van der Waals surface area contributed by atoms with Crippen molar-refractivity contribution in [1.29, 1.82) is 0 Å². The van der Waals surface area contributed by atoms with Crippen molar-refractivity contribution in [2.24, 2.45) is 13.0 Å². The Bertz CT molecular complexity index is 551. The van der Waals surface area contributed by atoms with Crippen LogP contribution >= 0.6 is 0 Å². The number of carboxylic acid groups (broad SMARTS) is 1. The normalized spacial score (nSPS) is 22.6. The number of nitrogens with one attached hydrogen (secondary N) is 1. The molecule has 6 heteroatoms. The van der Waals surface area contributed by atoms with Crippen LogP contribution in [0.25, 0.3) is 0 Å². The molecule has 2 rings (SSSR count). The lowest BCUT2D eigenvalue weighted by molar-refractivity contribution is -0.142. The fraction of sp³-hybridized carbons (Fsp3) is 0.667. The van der Waals surface area contributed by atoms with E-state index in [4.69, 9.17) is 0 Å². The molecular formula is C15H23N3O3. The van der Waals surface area contributed by atoms with Gasteiger partial charge in [-0.25, -0.2) is 0 Å². The summed E-state index contributed by atoms with van der Waals surface area (Å²) in [6.45, 7) is 3.64. The fourth-order valence-electron chi connectivity index (χ4n) is 3.12. The van der Waals surface area contributed by atoms with E-state index in [0.717, 1.165) is 31.4 Å². The number of carboxylic acids is 1. The molecule has 2 atom stereocenters. The Morgan fingerprint density at radius 3 is 2.48 bits per heavy atom. The number of nitrogens with zero attached hydrogens (tertiary/aromatic N) is 2. The summed E-state index contributed by atoms with van der Waals surface area (Å²) >= 11 is 0. The van der Waals surface area contributed by atoms with Gasteiger partial charge in [0.2, 0.25) is 0 Å². The van der Waals surface area contributed by atoms with Crippen molar-refractivity contribution in [3.63, 3.8) is 0 Å². The molecule has 1 amide bonds. The van der Waals surface area contributed by atoms with E-state index in [2.05, 4.69) is 10.4 Å². The van der Waals surface area contributed by atoms with Gasteiger partial charge >= 0.3 is 5.97 Å². The summed E-state index contributed by atoms with van der Waals surface area (Å²) in [5, 5.41) is 16.5. The Kier molecular flexibility index (Phi) is 4.65. The molecule has 2 N–H and O–H groups in total. The van der Waals surface area contributed by atoms with Crippen LogP contribution in [-0.2, 0) is 11.8 Å². The third-order valence-electron chi connectivity index (χ3n) is 4.39. The van der Waals surface area contributed by atoms with Crippen LogP contribution in [0, 0.1) is 19.8 Å². The average Bonchev–Trinajstić information content (AvgIpc) is 2.58. The molecule has 0 bridgehead atoms. The van der Waals surface area contributed by atoms with Gasteiger partial charge in [0.15, 0.2) is 0 Å². The molecule has 2 unspecified atom stereocenters. The number of amides is 1. The van der Waals surface area contributed by atoms with Gasteiger partial charge in [0, 0.05) is 18.8 Å². The Labute approximate surface area is 124 Å². The highest BCUT2D eigenvalue weighted by molar-refractivity contribution is 5.96. The number of rotatable bonds is 3. The number of carbonyl (C=O) groups excluding carboxylic acids is 1. The first-order valence-electron chi connectivity index (χ1n) is 7.45. The van der Waals surface area contributed by atoms with Crippen molar-refractivity contribution in [3.8, 4) is 0 Å². The van der Waals surface area contributed by atoms with Gasteiger partial charge in [-0.15, -0.1) is 0 Å². The average molecular weight is 293 g/mol. The molecule has 1 aromatic heterocycles. The van der Waals surface area contributed by atoms with Gasteiger partial charge in [-0.05, 0) is 26.7 Å². The smallest absolute Gasteiger partial charge is 0.308 e. The first kappa shape index (κ1) is 15.5. The van der Waals surface area contributed by atoms with Gasteiger partial charge in [-0.3, -0.25) is 14.3 Å². The zero-order valence-corrected chi connectivity index (χ0v) is 12.8. The van der Waals surface area contributed by atoms with Crippen LogP contribution in [0.4, 0.5) is 0 Å². The fourth-order valence-corrected chi connectivity index (χ4v) is 3.12. The molecule has 1 saturated carbocycles. The molecule has 21 heavy (non-hydrogen) atoms. The summed E-state index contributed by atoms with van der Waals surface area (Å²) in [5.41, 5.74) is 2.03. The summed E-state index contributed by atoms with van der Waals surface area (Å²) in [7, 11) is 1.80. The van der Waals surface area contributed by atoms with Crippen molar-refractivity contribution < 1.29 is 14.7 Å². The highest BCUT2D eigenvalue weighted by Gasteiger charge is 2.31. The van der Waals surface area contributed by atoms with Crippen LogP contribution in [0.2, 0.25) is 0 Å². The Morgan fingerprint density at radius 2 is 1.90 bits per heavy atom. The number of aromatic nitrogens is 2. The van der Waals surface area contributed by atoms with Gasteiger partial charge in [-0.2, -0.15) is 5.10 Å². The minimum Gasteiger partial charge on any atom is -0.481 e. The highest BCUT2D eigenvalue weighted by atomic mass is 16.4. The molecule has 0 aromatic carbocycles. The first-order valence-corrected chi connectivity index (χ1v) is 7.45. The van der Waals surface area contributed by atoms with Gasteiger partial charge < -0.3 is 10.4 Å². The van der Waals surface area contributed by atoms with E-state index in [9.17, 15) is 14.7 Å². The molecule has 1 aromatic rings. The van der Waals surface area contributed by atoms with Gasteiger partial charge in [0.1, 0.15) is 0 Å². The number of hydrogen-bond donors (Lipinski definition) is 2. The molecule has 116 valence electrons. The molecular weight excluding hydrogens is 270 g/mol. The molecule has 1 aliphatic rings. The van der Waals surface area contributed by atoms with Crippen LogP contribution in [0.15, 0.2) is 0 Å². The molecule has 6 nitrogen and oxygen atoms in total. The summed E-state index contributed by atoms with van der Waals surface area (Å²) in [5.74, 6) is -1.52. The minimum absolute atomic E-state index is 0.212. The van der Waals surface area contributed by atoms with E-state index in [1.807, 2.05) is 6.92 Å². The molecule has 0 spiro atoms. The van der Waals surface area contributed by atoms with E-state index in [1.165, 1.54) is 0 Å². The topological polar surface area (TPSA) is 84.2 Å². The van der Waals surface area contributed by atoms with Gasteiger partial charge in [0.25, 0.3) is 5.91 Å². The summed E-state index contributed by atoms with van der Waals surface area (Å²) in [6.07, 6.45) is 4.25. The van der Waals surface area contributed by atoms with Crippen molar-refractivity contribution in [1.82, 2.24) is 15.1 Å². The minimum atomic E-state index is -0.818. The van der Waals surface area contributed by atoms with Crippen LogP contribution in [0.5, 0.6) is 0 Å². The largest absolute Gasteiger partial charge is 0.481 e. The van der Waals surface area contributed by atoms with Crippen LogP contribution < -0.4 is 5.32 Å². The monoisotopic (exact) mass is 293 g/mol. The second-order valence-corrected chi connectivity index (χ2v) is 5.83. The molecule has 0 saturated heterocycles. The predicted octanol–water partition coefficient (Wildman–Crippen LogP) is 1.80.